The zero-order chi connectivity index (χ0) is 58.9. The maximum atomic E-state index is 14.3. The van der Waals surface area contributed by atoms with E-state index >= 15 is 0 Å². The Morgan fingerprint density at radius 3 is 0.781 bits per heavy atom. The van der Waals surface area contributed by atoms with Crippen molar-refractivity contribution in [3.8, 4) is 0 Å². The monoisotopic (exact) mass is 1190 g/mol. The lowest BCUT2D eigenvalue weighted by molar-refractivity contribution is -0.708. The van der Waals surface area contributed by atoms with Crippen molar-refractivity contribution in [2.75, 3.05) is 0 Å². The van der Waals surface area contributed by atoms with Gasteiger partial charge in [-0.3, -0.25) is 0 Å². The Bertz CT molecular complexity index is 2220. The number of halogens is 32. The lowest BCUT2D eigenvalue weighted by Crippen LogP contribution is -2.70. The Morgan fingerprint density at radius 1 is 0.356 bits per heavy atom. The molecular weight excluding hydrogens is 1170 g/mol. The Morgan fingerprint density at radius 2 is 0.575 bits per heavy atom. The first kappa shape index (κ1) is 68.9. The second-order valence-electron chi connectivity index (χ2n) is 13.9. The highest BCUT2D eigenvalue weighted by Gasteiger charge is 2.92. The second-order valence-corrected chi connectivity index (χ2v) is 16.7. The summed E-state index contributed by atoms with van der Waals surface area (Å²) in [7, 11) is -12.2. The lowest BCUT2D eigenvalue weighted by Gasteiger charge is -2.39. The number of aromatic nitrogens is 2. The van der Waals surface area contributed by atoms with Crippen LogP contribution in [0.5, 0.6) is 0 Å². The van der Waals surface area contributed by atoms with Gasteiger partial charge < -0.3 is 9.11 Å². The highest BCUT2D eigenvalue weighted by molar-refractivity contribution is 7.86. The van der Waals surface area contributed by atoms with Crippen molar-refractivity contribution in [3.63, 3.8) is 0 Å². The summed E-state index contributed by atoms with van der Waals surface area (Å²) < 4.78 is 468. The topological polar surface area (TPSA) is 122 Å². The average Bonchev–Trinajstić information content (AvgIpc) is 3.17. The highest BCUT2D eigenvalue weighted by Crippen LogP contribution is 2.62. The average molecular weight is 1190 g/mol. The lowest BCUT2D eigenvalue weighted by atomic mass is 9.92. The zero-order valence-electron chi connectivity index (χ0n) is 33.8. The van der Waals surface area contributed by atoms with E-state index in [1.165, 1.54) is 0 Å². The number of alkyl halides is 32. The summed E-state index contributed by atoms with van der Waals surface area (Å²) in [5.41, 5.74) is -11.8. The predicted molar refractivity (Wildman–Crippen MR) is 168 cm³/mol. The molecule has 0 saturated heterocycles. The molecule has 0 unspecified atom stereocenters. The molecule has 2 heterocycles. The first-order chi connectivity index (χ1) is 31.6. The van der Waals surface area contributed by atoms with E-state index in [0.29, 0.717) is 9.13 Å². The summed E-state index contributed by atoms with van der Waals surface area (Å²) >= 11 is 0. The summed E-state index contributed by atoms with van der Waals surface area (Å²) in [5, 5.41) is 0. The number of rotatable bonds is 18. The molecule has 0 aromatic carbocycles. The molecule has 2 aromatic heterocycles. The molecule has 0 radical (unpaired) electrons. The van der Waals surface area contributed by atoms with Crippen molar-refractivity contribution < 1.29 is 176 Å². The van der Waals surface area contributed by atoms with Crippen LogP contribution in [0.1, 0.15) is 30.7 Å². The van der Waals surface area contributed by atoms with Crippen LogP contribution < -0.4 is 9.13 Å². The molecule has 8 nitrogen and oxygen atoms in total. The van der Waals surface area contributed by atoms with Crippen LogP contribution in [-0.2, 0) is 46.2 Å². The molecule has 0 aliphatic heterocycles. The van der Waals surface area contributed by atoms with Crippen molar-refractivity contribution in [2.24, 2.45) is 0 Å². The molecule has 2 rings (SSSR count). The molecule has 0 N–H and O–H groups in total. The van der Waals surface area contributed by atoms with Crippen LogP contribution in [0.15, 0.2) is 48.8 Å². The standard InChI is InChI=1S/C29H22F26N2.2CHF3O3S/c30-18(31,20(34,35)22(38,39)24(42,43)26(46,47)28(50,51)52)10-14-56-12-3-1-6-16(56)8-5-9-17-7-2-4-13-57(17)15-11-19(32,33)21(36,37)23(40,41)25(44,45)27(48,49)29(53,54)55;2*2-1(3,4)8(5,6)7/h1-4,6-7,12-13H,5,8-11,14-15H2;2*(H,5,6,7)/q+2;;/p-2. The molecule has 0 bridgehead atoms. The number of nitrogens with zero attached hydrogens (tertiary/aromatic N) is 2. The minimum atomic E-state index is -8.12. The van der Waals surface area contributed by atoms with Gasteiger partial charge in [-0.2, -0.15) is 140 Å². The van der Waals surface area contributed by atoms with E-state index in [1.54, 1.807) is 0 Å². The van der Waals surface area contributed by atoms with Gasteiger partial charge in [0, 0.05) is 37.1 Å². The number of hydrogen-bond acceptors (Lipinski definition) is 6. The van der Waals surface area contributed by atoms with E-state index in [9.17, 15) is 140 Å². The van der Waals surface area contributed by atoms with E-state index in [1.807, 2.05) is 0 Å². The van der Waals surface area contributed by atoms with Gasteiger partial charge in [-0.05, 0) is 6.42 Å². The van der Waals surface area contributed by atoms with Gasteiger partial charge in [-0.15, -0.1) is 0 Å². The smallest absolute Gasteiger partial charge is 0.485 e. The van der Waals surface area contributed by atoms with Gasteiger partial charge in [0.15, 0.2) is 57.1 Å². The van der Waals surface area contributed by atoms with E-state index in [-0.39, 0.29) is 17.8 Å². The van der Waals surface area contributed by atoms with E-state index in [2.05, 4.69) is 0 Å². The maximum absolute atomic E-state index is 14.3. The normalized spacial score (nSPS) is 15.0. The molecule has 0 aliphatic carbocycles. The molecule has 0 saturated carbocycles. The minimum Gasteiger partial charge on any atom is -0.741 e. The largest absolute Gasteiger partial charge is 0.741 e. The van der Waals surface area contributed by atoms with Gasteiger partial charge in [-0.25, -0.2) is 26.0 Å². The van der Waals surface area contributed by atoms with E-state index in [4.69, 9.17) is 25.9 Å². The van der Waals surface area contributed by atoms with Crippen LogP contribution in [0.4, 0.5) is 140 Å². The molecule has 42 heteroatoms. The maximum Gasteiger partial charge on any atom is 0.485 e. The van der Waals surface area contributed by atoms with Crippen LogP contribution in [0, 0.1) is 0 Å². The van der Waals surface area contributed by atoms with Gasteiger partial charge in [0.25, 0.3) is 0 Å². The van der Waals surface area contributed by atoms with Crippen molar-refractivity contribution in [3.05, 3.63) is 60.2 Å². The fraction of sp³-hybridized carbons (Fsp3) is 0.677. The number of hydrogen-bond donors (Lipinski definition) is 0. The third-order valence-electron chi connectivity index (χ3n) is 8.83. The van der Waals surface area contributed by atoms with Crippen molar-refractivity contribution in [1.29, 1.82) is 0 Å². The zero-order valence-corrected chi connectivity index (χ0v) is 35.5. The van der Waals surface area contributed by atoms with Gasteiger partial charge >= 0.3 is 82.6 Å². The quantitative estimate of drug-likeness (QED) is 0.0634. The van der Waals surface area contributed by atoms with Gasteiger partial charge in [0.2, 0.25) is 0 Å². The van der Waals surface area contributed by atoms with Crippen molar-refractivity contribution in [2.45, 2.75) is 128 Å². The van der Waals surface area contributed by atoms with Crippen LogP contribution in [-0.4, -0.2) is 109 Å². The summed E-state index contributed by atoms with van der Waals surface area (Å²) in [6.07, 6.45) is -20.2. The van der Waals surface area contributed by atoms with Gasteiger partial charge in [0.1, 0.15) is 0 Å². The highest BCUT2D eigenvalue weighted by atomic mass is 32.2. The van der Waals surface area contributed by atoms with Crippen LogP contribution in [0.3, 0.4) is 0 Å². The Kier molecular flexibility index (Phi) is 20.3. The Hall–Kier alpha value is -4.12. The fourth-order valence-electron chi connectivity index (χ4n) is 4.80. The molecule has 0 atom stereocenters. The molecule has 0 spiro atoms. The molecular formula is C31H22F32N2O6S2. The third kappa shape index (κ3) is 14.2. The predicted octanol–water partition coefficient (Wildman–Crippen LogP) is 10.8. The van der Waals surface area contributed by atoms with E-state index < -0.39 is 142 Å². The minimum absolute atomic E-state index is 0.246. The Labute approximate surface area is 384 Å². The van der Waals surface area contributed by atoms with Gasteiger partial charge in [-0.1, -0.05) is 12.1 Å². The molecule has 428 valence electrons. The summed E-state index contributed by atoms with van der Waals surface area (Å²) in [6, 6.07) is 6.17. The van der Waals surface area contributed by atoms with Gasteiger partial charge in [0.05, 0.1) is 12.8 Å². The molecule has 73 heavy (non-hydrogen) atoms. The van der Waals surface area contributed by atoms with Crippen LogP contribution in [0.2, 0.25) is 0 Å². The first-order valence-electron chi connectivity index (χ1n) is 17.5. The summed E-state index contributed by atoms with van der Waals surface area (Å²) in [4.78, 5) is 0. The third-order valence-corrected chi connectivity index (χ3v) is 9.97. The molecule has 0 amide bonds. The van der Waals surface area contributed by atoms with Crippen molar-refractivity contribution in [1.82, 2.24) is 0 Å². The first-order valence-corrected chi connectivity index (χ1v) is 20.4. The molecule has 0 aliphatic rings. The van der Waals surface area contributed by atoms with Crippen LogP contribution >= 0.6 is 0 Å². The fourth-order valence-corrected chi connectivity index (χ4v) is 4.80. The Balaban J connectivity index is 0.00000277. The van der Waals surface area contributed by atoms with Crippen LogP contribution in [0.25, 0.3) is 0 Å². The second kappa shape index (κ2) is 21.5. The summed E-state index contributed by atoms with van der Waals surface area (Å²) in [6.45, 7) is -3.10. The molecule has 2 aromatic rings. The molecule has 0 fully saturated rings. The number of pyridine rings is 2. The van der Waals surface area contributed by atoms with E-state index in [0.717, 1.165) is 48.8 Å². The number of aryl methyl sites for hydroxylation is 4. The summed E-state index contributed by atoms with van der Waals surface area (Å²) in [5.74, 6) is -76.1. The SMILES string of the molecule is FC(F)(F)C(F)(F)C(F)(F)C(F)(F)C(F)(F)C(F)(F)CC[n+]1ccccc1CCCc1cccc[n+]1CCC(F)(F)C(F)(F)C(F)(F)C(F)(F)C(F)(F)C(F)(F)F.O=S(=O)([O-])C(F)(F)F.O=S(=O)([O-])C(F)(F)F. The van der Waals surface area contributed by atoms with Crippen molar-refractivity contribution >= 4 is 20.2 Å².